The summed E-state index contributed by atoms with van der Waals surface area (Å²) in [6, 6.07) is 18.0. The topological polar surface area (TPSA) is 53.1 Å². The van der Waals surface area contributed by atoms with Crippen LogP contribution >= 0.6 is 0 Å². The standard InChI is InChI=1S/C20H19N3O/c21-12-15-7-9-16(10-8-15)13-23-11-3-4-17(14-23)20-22-18-5-1-2-6-19(18)24-20/h1-2,5-10,17H,3-4,11,13-14H2. The summed E-state index contributed by atoms with van der Waals surface area (Å²) in [5.41, 5.74) is 3.77. The van der Waals surface area contributed by atoms with Crippen LogP contribution < -0.4 is 0 Å². The molecule has 4 rings (SSSR count). The summed E-state index contributed by atoms with van der Waals surface area (Å²) in [7, 11) is 0. The highest BCUT2D eigenvalue weighted by molar-refractivity contribution is 5.72. The third-order valence-corrected chi connectivity index (χ3v) is 4.65. The molecule has 24 heavy (non-hydrogen) atoms. The molecule has 1 unspecified atom stereocenters. The molecule has 1 fully saturated rings. The normalized spacial score (nSPS) is 18.5. The molecule has 0 N–H and O–H groups in total. The van der Waals surface area contributed by atoms with Gasteiger partial charge in [-0.15, -0.1) is 0 Å². The Morgan fingerprint density at radius 1 is 1.17 bits per heavy atom. The largest absolute Gasteiger partial charge is 0.440 e. The first-order valence-electron chi connectivity index (χ1n) is 8.39. The molecule has 1 atom stereocenters. The summed E-state index contributed by atoms with van der Waals surface area (Å²) in [6.45, 7) is 2.96. The summed E-state index contributed by atoms with van der Waals surface area (Å²) in [6.07, 6.45) is 2.27. The van der Waals surface area contributed by atoms with E-state index in [0.29, 0.717) is 11.5 Å². The fourth-order valence-corrected chi connectivity index (χ4v) is 3.41. The molecule has 120 valence electrons. The molecular weight excluding hydrogens is 298 g/mol. The molecule has 2 aromatic carbocycles. The summed E-state index contributed by atoms with van der Waals surface area (Å²) in [5, 5.41) is 8.89. The molecule has 1 aromatic heterocycles. The van der Waals surface area contributed by atoms with Crippen molar-refractivity contribution in [1.82, 2.24) is 9.88 Å². The zero-order valence-electron chi connectivity index (χ0n) is 13.5. The van der Waals surface area contributed by atoms with Crippen molar-refractivity contribution in [2.24, 2.45) is 0 Å². The van der Waals surface area contributed by atoms with Crippen LogP contribution in [-0.4, -0.2) is 23.0 Å². The van der Waals surface area contributed by atoms with Crippen LogP contribution in [0.15, 0.2) is 52.9 Å². The van der Waals surface area contributed by atoms with Gasteiger partial charge in [-0.1, -0.05) is 24.3 Å². The first kappa shape index (κ1) is 14.9. The van der Waals surface area contributed by atoms with Gasteiger partial charge in [-0.3, -0.25) is 4.90 Å². The van der Waals surface area contributed by atoms with Gasteiger partial charge in [0.2, 0.25) is 0 Å². The molecule has 0 aliphatic carbocycles. The fourth-order valence-electron chi connectivity index (χ4n) is 3.41. The van der Waals surface area contributed by atoms with Crippen molar-refractivity contribution in [1.29, 1.82) is 5.26 Å². The molecule has 0 spiro atoms. The lowest BCUT2D eigenvalue weighted by Crippen LogP contribution is -2.34. The van der Waals surface area contributed by atoms with E-state index < -0.39 is 0 Å². The second-order valence-corrected chi connectivity index (χ2v) is 6.40. The van der Waals surface area contributed by atoms with Gasteiger partial charge in [0, 0.05) is 19.0 Å². The zero-order valence-corrected chi connectivity index (χ0v) is 13.5. The van der Waals surface area contributed by atoms with E-state index in [4.69, 9.17) is 9.68 Å². The highest BCUT2D eigenvalue weighted by Gasteiger charge is 2.25. The minimum Gasteiger partial charge on any atom is -0.440 e. The second kappa shape index (κ2) is 6.46. The number of aromatic nitrogens is 1. The van der Waals surface area contributed by atoms with Gasteiger partial charge in [-0.25, -0.2) is 4.98 Å². The van der Waals surface area contributed by atoms with Gasteiger partial charge in [0.05, 0.1) is 11.6 Å². The molecule has 4 nitrogen and oxygen atoms in total. The number of rotatable bonds is 3. The van der Waals surface area contributed by atoms with Gasteiger partial charge in [-0.2, -0.15) is 5.26 Å². The number of oxazole rings is 1. The van der Waals surface area contributed by atoms with Crippen LogP contribution in [0, 0.1) is 11.3 Å². The van der Waals surface area contributed by atoms with E-state index in [1.165, 1.54) is 5.56 Å². The number of nitriles is 1. The lowest BCUT2D eigenvalue weighted by Gasteiger charge is -2.31. The van der Waals surface area contributed by atoms with E-state index in [0.717, 1.165) is 49.5 Å². The monoisotopic (exact) mass is 317 g/mol. The smallest absolute Gasteiger partial charge is 0.199 e. The van der Waals surface area contributed by atoms with Crippen molar-refractivity contribution in [3.63, 3.8) is 0 Å². The Hall–Kier alpha value is -2.64. The summed E-state index contributed by atoms with van der Waals surface area (Å²) < 4.78 is 5.96. The van der Waals surface area contributed by atoms with Gasteiger partial charge in [0.25, 0.3) is 0 Å². The maximum absolute atomic E-state index is 8.89. The van der Waals surface area contributed by atoms with Crippen LogP contribution in [0.25, 0.3) is 11.1 Å². The van der Waals surface area contributed by atoms with Gasteiger partial charge < -0.3 is 4.42 Å². The highest BCUT2D eigenvalue weighted by Crippen LogP contribution is 2.29. The first-order chi connectivity index (χ1) is 11.8. The van der Waals surface area contributed by atoms with Gasteiger partial charge >= 0.3 is 0 Å². The molecule has 1 aliphatic heterocycles. The minimum atomic E-state index is 0.351. The number of para-hydroxylation sites is 2. The molecule has 0 saturated carbocycles. The summed E-state index contributed by atoms with van der Waals surface area (Å²) in [4.78, 5) is 7.12. The van der Waals surface area contributed by atoms with E-state index >= 15 is 0 Å². The number of fused-ring (bicyclic) bond motifs is 1. The van der Waals surface area contributed by atoms with Crippen LogP contribution in [0.4, 0.5) is 0 Å². The Morgan fingerprint density at radius 2 is 2.00 bits per heavy atom. The van der Waals surface area contributed by atoms with Gasteiger partial charge in [0.1, 0.15) is 5.52 Å². The number of hydrogen-bond donors (Lipinski definition) is 0. The van der Waals surface area contributed by atoms with Crippen LogP contribution in [0.2, 0.25) is 0 Å². The Balaban J connectivity index is 1.47. The molecule has 1 aliphatic rings. The van der Waals surface area contributed by atoms with E-state index in [1.54, 1.807) is 0 Å². The highest BCUT2D eigenvalue weighted by atomic mass is 16.3. The van der Waals surface area contributed by atoms with E-state index in [-0.39, 0.29) is 0 Å². The Morgan fingerprint density at radius 3 is 2.79 bits per heavy atom. The Kier molecular flexibility index (Phi) is 4.02. The van der Waals surface area contributed by atoms with Crippen molar-refractivity contribution < 1.29 is 4.42 Å². The average Bonchev–Trinajstić information content (AvgIpc) is 3.07. The van der Waals surface area contributed by atoms with Crippen molar-refractivity contribution in [3.8, 4) is 6.07 Å². The molecule has 4 heteroatoms. The van der Waals surface area contributed by atoms with E-state index in [1.807, 2.05) is 48.5 Å². The van der Waals surface area contributed by atoms with Crippen LogP contribution in [0.1, 0.15) is 35.8 Å². The Bertz CT molecular complexity index is 843. The fraction of sp³-hybridized carbons (Fsp3) is 0.300. The number of piperidine rings is 1. The zero-order chi connectivity index (χ0) is 16.4. The third-order valence-electron chi connectivity index (χ3n) is 4.65. The number of likely N-dealkylation sites (tertiary alicyclic amines) is 1. The van der Waals surface area contributed by atoms with Crippen LogP contribution in [0.5, 0.6) is 0 Å². The molecular formula is C20H19N3O. The predicted molar refractivity (Wildman–Crippen MR) is 92.4 cm³/mol. The number of hydrogen-bond acceptors (Lipinski definition) is 4. The Labute approximate surface area is 141 Å². The van der Waals surface area contributed by atoms with Gasteiger partial charge in [0.15, 0.2) is 11.5 Å². The molecule has 0 radical (unpaired) electrons. The molecule has 2 heterocycles. The molecule has 1 saturated heterocycles. The van der Waals surface area contributed by atoms with Crippen molar-refractivity contribution in [2.75, 3.05) is 13.1 Å². The average molecular weight is 317 g/mol. The number of benzene rings is 2. The summed E-state index contributed by atoms with van der Waals surface area (Å²) in [5.74, 6) is 1.21. The minimum absolute atomic E-state index is 0.351. The van der Waals surface area contributed by atoms with Crippen LogP contribution in [-0.2, 0) is 6.54 Å². The quantitative estimate of drug-likeness (QED) is 0.730. The maximum atomic E-state index is 8.89. The predicted octanol–water partition coefficient (Wildman–Crippen LogP) is 4.08. The van der Waals surface area contributed by atoms with Gasteiger partial charge in [-0.05, 0) is 49.2 Å². The molecule has 0 bridgehead atoms. The van der Waals surface area contributed by atoms with Crippen molar-refractivity contribution in [3.05, 3.63) is 65.5 Å². The maximum Gasteiger partial charge on any atom is 0.199 e. The van der Waals surface area contributed by atoms with Crippen molar-refractivity contribution in [2.45, 2.75) is 25.3 Å². The molecule has 3 aromatic rings. The van der Waals surface area contributed by atoms with Crippen LogP contribution in [0.3, 0.4) is 0 Å². The lowest BCUT2D eigenvalue weighted by atomic mass is 9.97. The summed E-state index contributed by atoms with van der Waals surface area (Å²) >= 11 is 0. The van der Waals surface area contributed by atoms with E-state index in [2.05, 4.69) is 16.0 Å². The van der Waals surface area contributed by atoms with E-state index in [9.17, 15) is 0 Å². The lowest BCUT2D eigenvalue weighted by molar-refractivity contribution is 0.187. The SMILES string of the molecule is N#Cc1ccc(CN2CCCC(c3nc4ccccc4o3)C2)cc1. The number of nitrogens with zero attached hydrogens (tertiary/aromatic N) is 3. The third kappa shape index (κ3) is 3.04. The second-order valence-electron chi connectivity index (χ2n) is 6.40. The first-order valence-corrected chi connectivity index (χ1v) is 8.39. The molecule has 0 amide bonds. The van der Waals surface area contributed by atoms with Crippen molar-refractivity contribution >= 4 is 11.1 Å².